The summed E-state index contributed by atoms with van der Waals surface area (Å²) in [5.41, 5.74) is 3.29. The van der Waals surface area contributed by atoms with Crippen molar-refractivity contribution in [2.75, 3.05) is 34.0 Å². The lowest BCUT2D eigenvalue weighted by Gasteiger charge is -2.40. The van der Waals surface area contributed by atoms with E-state index in [1.54, 1.807) is 0 Å². The third-order valence-electron chi connectivity index (χ3n) is 15.1. The first-order valence-corrected chi connectivity index (χ1v) is 22.9. The lowest BCUT2D eigenvalue weighted by atomic mass is 9.72. The number of amides is 1. The highest BCUT2D eigenvalue weighted by Crippen LogP contribution is 2.42. The molecule has 0 heterocycles. The van der Waals surface area contributed by atoms with Crippen LogP contribution in [0.5, 0.6) is 0 Å². The fourth-order valence-corrected chi connectivity index (χ4v) is 11.6. The van der Waals surface area contributed by atoms with Crippen molar-refractivity contribution in [1.29, 1.82) is 0 Å². The fraction of sp³-hybridized carbons (Fsp3) is 0.932. The normalized spacial score (nSPS) is 38.7. The molecule has 6 rings (SSSR count). The molecule has 6 aliphatic rings. The van der Waals surface area contributed by atoms with Crippen LogP contribution in [0, 0.1) is 47.3 Å². The molecule has 0 bridgehead atoms. The molecule has 0 saturated heterocycles. The van der Waals surface area contributed by atoms with E-state index >= 15 is 0 Å². The van der Waals surface area contributed by atoms with Crippen LogP contribution in [0.15, 0.2) is 0 Å². The van der Waals surface area contributed by atoms with Gasteiger partial charge in [0.25, 0.3) is 0 Å². The number of aliphatic carboxylic acids is 1. The third kappa shape index (κ3) is 13.3. The molecule has 0 aromatic rings. The predicted molar refractivity (Wildman–Crippen MR) is 213 cm³/mol. The number of carboxylic acid groups (broad SMARTS) is 1. The van der Waals surface area contributed by atoms with Crippen molar-refractivity contribution < 1.29 is 58.5 Å². The summed E-state index contributed by atoms with van der Waals surface area (Å²) in [5.74, 6) is -0.507. The zero-order valence-corrected chi connectivity index (χ0v) is 35.2. The van der Waals surface area contributed by atoms with Crippen LogP contribution in [0.1, 0.15) is 141 Å². The van der Waals surface area contributed by atoms with Crippen molar-refractivity contribution in [2.24, 2.45) is 47.3 Å². The summed E-state index contributed by atoms with van der Waals surface area (Å²) < 4.78 is 18.3. The van der Waals surface area contributed by atoms with Crippen LogP contribution in [0.2, 0.25) is 0 Å². The fourth-order valence-electron chi connectivity index (χ4n) is 11.6. The van der Waals surface area contributed by atoms with Crippen molar-refractivity contribution in [3.8, 4) is 0 Å². The molecule has 14 nitrogen and oxygen atoms in total. The molecule has 4 N–H and O–H groups in total. The predicted octanol–water partition coefficient (Wildman–Crippen LogP) is 6.79. The van der Waals surface area contributed by atoms with Gasteiger partial charge in [0.05, 0.1) is 76.2 Å². The Labute approximate surface area is 345 Å². The monoisotopic (exact) mass is 823 g/mol. The molecule has 1 amide bonds. The van der Waals surface area contributed by atoms with E-state index in [-0.39, 0.29) is 54.3 Å². The minimum absolute atomic E-state index is 0.0737. The quantitative estimate of drug-likeness (QED) is 0.0646. The van der Waals surface area contributed by atoms with Crippen LogP contribution < -0.4 is 10.8 Å². The van der Waals surface area contributed by atoms with Crippen molar-refractivity contribution in [2.45, 2.75) is 178 Å². The van der Waals surface area contributed by atoms with Crippen LogP contribution in [0.25, 0.3) is 0 Å². The van der Waals surface area contributed by atoms with E-state index in [1.165, 1.54) is 39.9 Å². The minimum atomic E-state index is -0.887. The van der Waals surface area contributed by atoms with Gasteiger partial charge in [0, 0.05) is 12.1 Å². The van der Waals surface area contributed by atoms with Crippen molar-refractivity contribution in [1.82, 2.24) is 10.8 Å². The third-order valence-corrected chi connectivity index (χ3v) is 15.1. The largest absolute Gasteiger partial charge is 0.481 e. The summed E-state index contributed by atoms with van der Waals surface area (Å²) in [6, 6.07) is 0.368. The molecule has 6 saturated carbocycles. The van der Waals surface area contributed by atoms with E-state index in [1.807, 2.05) is 0 Å². The van der Waals surface area contributed by atoms with E-state index in [4.69, 9.17) is 34.1 Å². The van der Waals surface area contributed by atoms with Gasteiger partial charge in [-0.25, -0.2) is 14.7 Å². The van der Waals surface area contributed by atoms with Gasteiger partial charge in [-0.1, -0.05) is 0 Å². The summed E-state index contributed by atoms with van der Waals surface area (Å²) in [4.78, 5) is 57.6. The molecule has 58 heavy (non-hydrogen) atoms. The Morgan fingerprint density at radius 3 is 1.69 bits per heavy atom. The standard InChI is InChI=1S/C44H74N2O12/c1-52-44(50)31-4-5-32(27-55-51)33(24-31)26-54-46-35-12-20-39(21-13-35)58-37-16-8-30(9-17-37)29-6-14-36(15-7-29)57-38-18-10-34(11-19-38)45-42(47)41-23-28(25-56-53-2)3-22-40(41)43(48)49/h28-41,46,51H,3-27H2,1-2H3,(H,45,47)(H,48,49). The topological polar surface area (TPSA) is 180 Å². The van der Waals surface area contributed by atoms with E-state index in [9.17, 15) is 19.5 Å². The minimum Gasteiger partial charge on any atom is -0.481 e. The molecular weight excluding hydrogens is 748 g/mol. The Hall–Kier alpha value is -1.91. The number of carbonyl (C=O) groups is 3. The van der Waals surface area contributed by atoms with Crippen LogP contribution in [-0.2, 0) is 48.1 Å². The number of nitrogens with one attached hydrogen (secondary N) is 2. The molecule has 6 fully saturated rings. The maximum Gasteiger partial charge on any atom is 0.308 e. The summed E-state index contributed by atoms with van der Waals surface area (Å²) in [7, 11) is 2.90. The van der Waals surface area contributed by atoms with Gasteiger partial charge in [-0.3, -0.25) is 19.6 Å². The molecule has 0 aromatic heterocycles. The molecule has 332 valence electrons. The first kappa shape index (κ1) is 45.6. The number of hydrogen-bond acceptors (Lipinski definition) is 12. The molecule has 14 heteroatoms. The Bertz CT molecular complexity index is 1240. The van der Waals surface area contributed by atoms with E-state index < -0.39 is 17.8 Å². The summed E-state index contributed by atoms with van der Waals surface area (Å²) >= 11 is 0. The van der Waals surface area contributed by atoms with Crippen LogP contribution in [-0.4, -0.2) is 98.7 Å². The molecule has 0 radical (unpaired) electrons. The van der Waals surface area contributed by atoms with E-state index in [2.05, 4.69) is 15.7 Å². The van der Waals surface area contributed by atoms with Gasteiger partial charge in [-0.15, -0.1) is 0 Å². The Balaban J connectivity index is 0.807. The number of methoxy groups -OCH3 is 1. The van der Waals surface area contributed by atoms with Crippen LogP contribution in [0.3, 0.4) is 0 Å². The average molecular weight is 823 g/mol. The maximum absolute atomic E-state index is 13.3. The highest BCUT2D eigenvalue weighted by molar-refractivity contribution is 5.85. The number of hydrogen-bond donors (Lipinski definition) is 4. The van der Waals surface area contributed by atoms with Gasteiger partial charge in [0.15, 0.2) is 0 Å². The first-order valence-electron chi connectivity index (χ1n) is 22.9. The number of carboxylic acids is 1. The van der Waals surface area contributed by atoms with Crippen molar-refractivity contribution in [3.05, 3.63) is 0 Å². The van der Waals surface area contributed by atoms with Crippen LogP contribution >= 0.6 is 0 Å². The Morgan fingerprint density at radius 2 is 1.16 bits per heavy atom. The van der Waals surface area contributed by atoms with Gasteiger partial charge in [0.2, 0.25) is 5.91 Å². The Kier molecular flexibility index (Phi) is 18.4. The van der Waals surface area contributed by atoms with E-state index in [0.717, 1.165) is 108 Å². The summed E-state index contributed by atoms with van der Waals surface area (Å²) in [6.07, 6.45) is 22.5. The number of hydroxylamine groups is 1. The number of esters is 1. The average Bonchev–Trinajstić information content (AvgIpc) is 3.25. The lowest BCUT2D eigenvalue weighted by Crippen LogP contribution is -2.47. The first-order chi connectivity index (χ1) is 28.2. The number of ether oxygens (including phenoxy) is 3. The maximum atomic E-state index is 13.3. The van der Waals surface area contributed by atoms with Crippen molar-refractivity contribution in [3.63, 3.8) is 0 Å². The van der Waals surface area contributed by atoms with Crippen molar-refractivity contribution >= 4 is 17.8 Å². The zero-order valence-electron chi connectivity index (χ0n) is 35.2. The molecule has 0 aromatic carbocycles. The van der Waals surface area contributed by atoms with Gasteiger partial charge < -0.3 is 29.5 Å². The summed E-state index contributed by atoms with van der Waals surface area (Å²) in [6.45, 7) is 1.11. The smallest absolute Gasteiger partial charge is 0.308 e. The molecule has 0 spiro atoms. The molecule has 6 unspecified atom stereocenters. The lowest BCUT2D eigenvalue weighted by molar-refractivity contribution is -0.281. The van der Waals surface area contributed by atoms with E-state index in [0.29, 0.717) is 56.8 Å². The second-order valence-corrected chi connectivity index (χ2v) is 18.8. The van der Waals surface area contributed by atoms with Gasteiger partial charge >= 0.3 is 11.9 Å². The Morgan fingerprint density at radius 1 is 0.586 bits per heavy atom. The molecule has 6 aliphatic carbocycles. The van der Waals surface area contributed by atoms with Gasteiger partial charge in [0.1, 0.15) is 0 Å². The second-order valence-electron chi connectivity index (χ2n) is 18.8. The van der Waals surface area contributed by atoms with Gasteiger partial charge in [-0.05, 0) is 171 Å². The molecule has 6 atom stereocenters. The highest BCUT2D eigenvalue weighted by Gasteiger charge is 2.41. The molecular formula is C44H74N2O12. The number of rotatable bonds is 18. The van der Waals surface area contributed by atoms with Gasteiger partial charge in [-0.2, -0.15) is 5.48 Å². The zero-order chi connectivity index (χ0) is 40.9. The number of carbonyl (C=O) groups excluding carboxylic acids is 2. The molecule has 0 aliphatic heterocycles. The van der Waals surface area contributed by atoms with Crippen LogP contribution in [0.4, 0.5) is 0 Å². The second kappa shape index (κ2) is 23.3. The highest BCUT2D eigenvalue weighted by atomic mass is 17.2. The SMILES string of the molecule is COOCC1CCC(C(=O)O)C(C(=O)NC2CCC(OC3CCC(C4CCC(OC5CCC(NOCC6CC(C(=O)OC)CCC6COO)CC5)CC4)CC3)CC2)C1. The summed E-state index contributed by atoms with van der Waals surface area (Å²) in [5, 5.41) is 22.0.